The summed E-state index contributed by atoms with van der Waals surface area (Å²) in [5.41, 5.74) is 1.05. The number of anilines is 1. The van der Waals surface area contributed by atoms with E-state index < -0.39 is 0 Å². The molecule has 0 bridgehead atoms. The van der Waals surface area contributed by atoms with Gasteiger partial charge in [-0.3, -0.25) is 4.79 Å². The Morgan fingerprint density at radius 1 is 1.28 bits per heavy atom. The first-order chi connectivity index (χ1) is 8.81. The van der Waals surface area contributed by atoms with E-state index in [9.17, 15) is 4.79 Å². The van der Waals surface area contributed by atoms with Crippen molar-refractivity contribution < 1.29 is 4.79 Å². The van der Waals surface area contributed by atoms with Gasteiger partial charge in [0.15, 0.2) is 0 Å². The minimum Gasteiger partial charge on any atom is -0.375 e. The summed E-state index contributed by atoms with van der Waals surface area (Å²) < 4.78 is 0. The second-order valence-corrected chi connectivity index (χ2v) is 5.34. The number of carbonyl (C=O) groups is 1. The average Bonchev–Trinajstić information content (AvgIpc) is 2.46. The molecule has 1 aliphatic rings. The number of benzene rings is 1. The lowest BCUT2D eigenvalue weighted by molar-refractivity contribution is -0.130. The number of likely N-dealkylation sites (tertiary alicyclic amines) is 1. The summed E-state index contributed by atoms with van der Waals surface area (Å²) in [5, 5.41) is 3.25. The van der Waals surface area contributed by atoms with E-state index in [0.717, 1.165) is 31.6 Å². The Balaban J connectivity index is 1.88. The van der Waals surface area contributed by atoms with Gasteiger partial charge < -0.3 is 10.2 Å². The van der Waals surface area contributed by atoms with Crippen molar-refractivity contribution in [3.05, 3.63) is 24.3 Å². The molecular weight excluding hydrogens is 244 g/mol. The van der Waals surface area contributed by atoms with Crippen LogP contribution in [0.4, 0.5) is 5.69 Å². The van der Waals surface area contributed by atoms with Crippen LogP contribution in [0.5, 0.6) is 0 Å². The molecule has 0 unspecified atom stereocenters. The fraction of sp³-hybridized carbons (Fsp3) is 0.500. The Kier molecular flexibility index (Phi) is 4.93. The maximum absolute atomic E-state index is 12.0. The second kappa shape index (κ2) is 6.69. The third-order valence-electron chi connectivity index (χ3n) is 3.25. The van der Waals surface area contributed by atoms with Crippen LogP contribution >= 0.6 is 11.8 Å². The van der Waals surface area contributed by atoms with Crippen molar-refractivity contribution in [3.8, 4) is 0 Å². The van der Waals surface area contributed by atoms with Crippen LogP contribution in [0.15, 0.2) is 29.2 Å². The SMILES string of the molecule is CSc1ccccc1NCC(=O)N1CCCCC1. The number of nitrogens with one attached hydrogen (secondary N) is 1. The van der Waals surface area contributed by atoms with E-state index in [1.807, 2.05) is 29.4 Å². The molecule has 1 aliphatic heterocycles. The molecule has 2 rings (SSSR count). The van der Waals surface area contributed by atoms with Crippen molar-refractivity contribution >= 4 is 23.4 Å². The molecule has 0 aromatic heterocycles. The van der Waals surface area contributed by atoms with E-state index in [4.69, 9.17) is 0 Å². The molecule has 0 radical (unpaired) electrons. The Morgan fingerprint density at radius 2 is 2.00 bits per heavy atom. The molecule has 1 saturated heterocycles. The fourth-order valence-electron chi connectivity index (χ4n) is 2.22. The molecule has 1 heterocycles. The lowest BCUT2D eigenvalue weighted by atomic mass is 10.1. The van der Waals surface area contributed by atoms with Gasteiger partial charge in [-0.25, -0.2) is 0 Å². The zero-order chi connectivity index (χ0) is 12.8. The number of carbonyl (C=O) groups excluding carboxylic acids is 1. The molecule has 1 amide bonds. The van der Waals surface area contributed by atoms with Crippen LogP contribution in [0.25, 0.3) is 0 Å². The van der Waals surface area contributed by atoms with Gasteiger partial charge in [-0.1, -0.05) is 12.1 Å². The first-order valence-corrected chi connectivity index (χ1v) is 7.68. The van der Waals surface area contributed by atoms with E-state index in [0.29, 0.717) is 6.54 Å². The summed E-state index contributed by atoms with van der Waals surface area (Å²) in [7, 11) is 0. The summed E-state index contributed by atoms with van der Waals surface area (Å²) in [6.45, 7) is 2.24. The highest BCUT2D eigenvalue weighted by Crippen LogP contribution is 2.24. The van der Waals surface area contributed by atoms with Gasteiger partial charge in [0.25, 0.3) is 0 Å². The molecule has 0 spiro atoms. The quantitative estimate of drug-likeness (QED) is 0.849. The van der Waals surface area contributed by atoms with E-state index >= 15 is 0 Å². The van der Waals surface area contributed by atoms with Crippen LogP contribution in [0.2, 0.25) is 0 Å². The molecule has 0 aliphatic carbocycles. The van der Waals surface area contributed by atoms with Crippen molar-refractivity contribution in [2.75, 3.05) is 31.2 Å². The number of nitrogens with zero attached hydrogens (tertiary/aromatic N) is 1. The van der Waals surface area contributed by atoms with Crippen LogP contribution in [-0.4, -0.2) is 36.7 Å². The summed E-state index contributed by atoms with van der Waals surface area (Å²) in [5.74, 6) is 0.214. The number of para-hydroxylation sites is 1. The first kappa shape index (κ1) is 13.3. The van der Waals surface area contributed by atoms with Gasteiger partial charge in [0.1, 0.15) is 0 Å². The summed E-state index contributed by atoms with van der Waals surface area (Å²) in [6.07, 6.45) is 5.60. The van der Waals surface area contributed by atoms with Gasteiger partial charge in [-0.15, -0.1) is 11.8 Å². The number of amides is 1. The third-order valence-corrected chi connectivity index (χ3v) is 4.04. The van der Waals surface area contributed by atoms with Gasteiger partial charge >= 0.3 is 0 Å². The largest absolute Gasteiger partial charge is 0.375 e. The second-order valence-electron chi connectivity index (χ2n) is 4.50. The zero-order valence-electron chi connectivity index (χ0n) is 10.8. The molecule has 0 atom stereocenters. The fourth-order valence-corrected chi connectivity index (χ4v) is 2.79. The van der Waals surface area contributed by atoms with Gasteiger partial charge in [0.2, 0.25) is 5.91 Å². The van der Waals surface area contributed by atoms with Gasteiger partial charge in [0.05, 0.1) is 6.54 Å². The number of hydrogen-bond acceptors (Lipinski definition) is 3. The van der Waals surface area contributed by atoms with Gasteiger partial charge in [0, 0.05) is 23.7 Å². The van der Waals surface area contributed by atoms with Crippen LogP contribution in [-0.2, 0) is 4.79 Å². The molecule has 1 aromatic carbocycles. The van der Waals surface area contributed by atoms with E-state index in [2.05, 4.69) is 11.4 Å². The predicted molar refractivity (Wildman–Crippen MR) is 77.1 cm³/mol. The van der Waals surface area contributed by atoms with Crippen LogP contribution < -0.4 is 5.32 Å². The third kappa shape index (κ3) is 3.42. The highest BCUT2D eigenvalue weighted by atomic mass is 32.2. The summed E-state index contributed by atoms with van der Waals surface area (Å²) >= 11 is 1.70. The zero-order valence-corrected chi connectivity index (χ0v) is 11.6. The molecule has 1 aromatic rings. The molecular formula is C14H20N2OS. The first-order valence-electron chi connectivity index (χ1n) is 6.46. The Morgan fingerprint density at radius 3 is 2.72 bits per heavy atom. The van der Waals surface area contributed by atoms with Gasteiger partial charge in [-0.05, 0) is 37.7 Å². The van der Waals surface area contributed by atoms with Crippen molar-refractivity contribution in [3.63, 3.8) is 0 Å². The molecule has 98 valence electrons. The molecule has 1 fully saturated rings. The highest BCUT2D eigenvalue weighted by molar-refractivity contribution is 7.98. The Labute approximate surface area is 113 Å². The van der Waals surface area contributed by atoms with Crippen LogP contribution in [0.3, 0.4) is 0 Å². The lowest BCUT2D eigenvalue weighted by Crippen LogP contribution is -2.39. The molecule has 18 heavy (non-hydrogen) atoms. The van der Waals surface area contributed by atoms with E-state index in [-0.39, 0.29) is 5.91 Å². The molecule has 1 N–H and O–H groups in total. The summed E-state index contributed by atoms with van der Waals surface area (Å²) in [6, 6.07) is 8.10. The molecule has 0 saturated carbocycles. The smallest absolute Gasteiger partial charge is 0.241 e. The minimum atomic E-state index is 0.214. The maximum atomic E-state index is 12.0. The van der Waals surface area contributed by atoms with E-state index in [1.165, 1.54) is 11.3 Å². The highest BCUT2D eigenvalue weighted by Gasteiger charge is 2.16. The standard InChI is InChI=1S/C14H20N2OS/c1-18-13-8-4-3-7-12(13)15-11-14(17)16-9-5-2-6-10-16/h3-4,7-8,15H,2,5-6,9-11H2,1H3. The van der Waals surface area contributed by atoms with Crippen molar-refractivity contribution in [1.29, 1.82) is 0 Å². The maximum Gasteiger partial charge on any atom is 0.241 e. The summed E-state index contributed by atoms with van der Waals surface area (Å²) in [4.78, 5) is 15.2. The Bertz CT molecular complexity index is 403. The number of rotatable bonds is 4. The molecule has 4 heteroatoms. The van der Waals surface area contributed by atoms with E-state index in [1.54, 1.807) is 11.8 Å². The van der Waals surface area contributed by atoms with Crippen LogP contribution in [0, 0.1) is 0 Å². The van der Waals surface area contributed by atoms with Crippen molar-refractivity contribution in [1.82, 2.24) is 4.90 Å². The topological polar surface area (TPSA) is 32.3 Å². The number of piperidine rings is 1. The Hall–Kier alpha value is -1.16. The number of thioether (sulfide) groups is 1. The minimum absolute atomic E-state index is 0.214. The monoisotopic (exact) mass is 264 g/mol. The predicted octanol–water partition coefficient (Wildman–Crippen LogP) is 2.83. The van der Waals surface area contributed by atoms with Crippen molar-refractivity contribution in [2.24, 2.45) is 0 Å². The molecule has 3 nitrogen and oxygen atoms in total. The van der Waals surface area contributed by atoms with Crippen LogP contribution in [0.1, 0.15) is 19.3 Å². The lowest BCUT2D eigenvalue weighted by Gasteiger charge is -2.27. The normalized spacial score (nSPS) is 15.5. The number of hydrogen-bond donors (Lipinski definition) is 1. The average molecular weight is 264 g/mol. The van der Waals surface area contributed by atoms with Crippen molar-refractivity contribution in [2.45, 2.75) is 24.2 Å². The van der Waals surface area contributed by atoms with Gasteiger partial charge in [-0.2, -0.15) is 0 Å².